The number of halogens is 1. The van der Waals surface area contributed by atoms with Gasteiger partial charge in [0.05, 0.1) is 20.3 Å². The number of benzene rings is 1. The second kappa shape index (κ2) is 7.26. The van der Waals surface area contributed by atoms with Crippen molar-refractivity contribution in [2.75, 3.05) is 19.5 Å². The predicted molar refractivity (Wildman–Crippen MR) is 74.5 cm³/mol. The average Bonchev–Trinajstić information content (AvgIpc) is 2.38. The van der Waals surface area contributed by atoms with Crippen LogP contribution in [0.2, 0.25) is 0 Å². The monoisotopic (exact) mass is 315 g/mol. The van der Waals surface area contributed by atoms with E-state index in [0.717, 1.165) is 17.1 Å². The molecular weight excluding hydrogens is 298 g/mol. The molecule has 0 aliphatic carbocycles. The minimum Gasteiger partial charge on any atom is -0.497 e. The molecule has 1 atom stereocenters. The first-order chi connectivity index (χ1) is 8.62. The van der Waals surface area contributed by atoms with E-state index in [1.807, 2.05) is 25.1 Å². The molecule has 0 heterocycles. The van der Waals surface area contributed by atoms with Gasteiger partial charge in [0.15, 0.2) is 0 Å². The van der Waals surface area contributed by atoms with E-state index in [-0.39, 0.29) is 11.9 Å². The second-order valence-corrected chi connectivity index (χ2v) is 4.63. The van der Waals surface area contributed by atoms with E-state index in [0.29, 0.717) is 11.8 Å². The lowest BCUT2D eigenvalue weighted by Crippen LogP contribution is -2.26. The summed E-state index contributed by atoms with van der Waals surface area (Å²) >= 11 is 3.24. The Morgan fingerprint density at radius 3 is 2.67 bits per heavy atom. The van der Waals surface area contributed by atoms with Crippen molar-refractivity contribution in [2.24, 2.45) is 0 Å². The van der Waals surface area contributed by atoms with Crippen molar-refractivity contribution < 1.29 is 14.3 Å². The standard InChI is InChI=1S/C13H18BrNO3/c1-9(15-13(16)6-7-14)11-8-10(17-2)4-5-12(11)18-3/h4-5,8-9H,6-7H2,1-3H3,(H,15,16). The Morgan fingerprint density at radius 1 is 1.39 bits per heavy atom. The minimum absolute atomic E-state index is 0.00393. The number of hydrogen-bond acceptors (Lipinski definition) is 3. The number of carbonyl (C=O) groups excluding carboxylic acids is 1. The molecular formula is C13H18BrNO3. The third kappa shape index (κ3) is 3.91. The van der Waals surface area contributed by atoms with E-state index in [9.17, 15) is 4.79 Å². The van der Waals surface area contributed by atoms with E-state index in [2.05, 4.69) is 21.2 Å². The Morgan fingerprint density at radius 2 is 2.11 bits per heavy atom. The van der Waals surface area contributed by atoms with Crippen LogP contribution in [0.4, 0.5) is 0 Å². The molecule has 1 aromatic rings. The number of hydrogen-bond donors (Lipinski definition) is 1. The molecule has 1 aromatic carbocycles. The highest BCUT2D eigenvalue weighted by Crippen LogP contribution is 2.29. The quantitative estimate of drug-likeness (QED) is 0.821. The molecule has 1 N–H and O–H groups in total. The van der Waals surface area contributed by atoms with Crippen molar-refractivity contribution in [3.8, 4) is 11.5 Å². The van der Waals surface area contributed by atoms with E-state index in [4.69, 9.17) is 9.47 Å². The van der Waals surface area contributed by atoms with Crippen molar-refractivity contribution in [3.05, 3.63) is 23.8 Å². The van der Waals surface area contributed by atoms with Gasteiger partial charge in [-0.3, -0.25) is 4.79 Å². The summed E-state index contributed by atoms with van der Waals surface area (Å²) in [4.78, 5) is 11.6. The number of rotatable bonds is 6. The minimum atomic E-state index is -0.124. The average molecular weight is 316 g/mol. The highest BCUT2D eigenvalue weighted by atomic mass is 79.9. The van der Waals surface area contributed by atoms with Crippen molar-refractivity contribution in [2.45, 2.75) is 19.4 Å². The smallest absolute Gasteiger partial charge is 0.221 e. The molecule has 5 heteroatoms. The first kappa shape index (κ1) is 14.8. The summed E-state index contributed by atoms with van der Waals surface area (Å²) in [5.41, 5.74) is 0.903. The lowest BCUT2D eigenvalue weighted by atomic mass is 10.1. The molecule has 18 heavy (non-hydrogen) atoms. The van der Waals surface area contributed by atoms with Crippen LogP contribution in [0.1, 0.15) is 24.9 Å². The molecule has 0 radical (unpaired) electrons. The summed E-state index contributed by atoms with van der Waals surface area (Å²) in [5, 5.41) is 3.57. The molecule has 0 fully saturated rings. The Labute approximate surface area is 116 Å². The summed E-state index contributed by atoms with van der Waals surface area (Å²) in [6, 6.07) is 5.41. The molecule has 1 unspecified atom stereocenters. The lowest BCUT2D eigenvalue weighted by molar-refractivity contribution is -0.121. The molecule has 4 nitrogen and oxygen atoms in total. The molecule has 1 amide bonds. The second-order valence-electron chi connectivity index (χ2n) is 3.84. The molecule has 0 aliphatic heterocycles. The molecule has 0 aromatic heterocycles. The highest BCUT2D eigenvalue weighted by Gasteiger charge is 2.14. The zero-order chi connectivity index (χ0) is 13.5. The molecule has 100 valence electrons. The van der Waals surface area contributed by atoms with Gasteiger partial charge in [-0.1, -0.05) is 15.9 Å². The van der Waals surface area contributed by atoms with E-state index in [1.165, 1.54) is 0 Å². The van der Waals surface area contributed by atoms with Gasteiger partial charge in [-0.25, -0.2) is 0 Å². The highest BCUT2D eigenvalue weighted by molar-refractivity contribution is 9.09. The summed E-state index contributed by atoms with van der Waals surface area (Å²) in [6.07, 6.45) is 0.455. The van der Waals surface area contributed by atoms with E-state index >= 15 is 0 Å². The van der Waals surface area contributed by atoms with E-state index in [1.54, 1.807) is 14.2 Å². The molecule has 0 saturated carbocycles. The molecule has 1 rings (SSSR count). The number of methoxy groups -OCH3 is 2. The van der Waals surface area contributed by atoms with Gasteiger partial charge >= 0.3 is 0 Å². The van der Waals surface area contributed by atoms with E-state index < -0.39 is 0 Å². The summed E-state index contributed by atoms with van der Waals surface area (Å²) < 4.78 is 10.5. The van der Waals surface area contributed by atoms with Gasteiger partial charge in [0.1, 0.15) is 11.5 Å². The Kier molecular flexibility index (Phi) is 5.98. The number of carbonyl (C=O) groups is 1. The van der Waals surface area contributed by atoms with Crippen LogP contribution in [0, 0.1) is 0 Å². The van der Waals surface area contributed by atoms with Gasteiger partial charge in [0.25, 0.3) is 0 Å². The topological polar surface area (TPSA) is 47.6 Å². The molecule has 0 aliphatic rings. The third-order valence-electron chi connectivity index (χ3n) is 2.60. The van der Waals surface area contributed by atoms with Crippen LogP contribution in [-0.4, -0.2) is 25.5 Å². The first-order valence-corrected chi connectivity index (χ1v) is 6.81. The van der Waals surface area contributed by atoms with Gasteiger partial charge in [0, 0.05) is 17.3 Å². The zero-order valence-corrected chi connectivity index (χ0v) is 12.4. The molecule has 0 bridgehead atoms. The number of alkyl halides is 1. The van der Waals surface area contributed by atoms with Gasteiger partial charge < -0.3 is 14.8 Å². The van der Waals surface area contributed by atoms with Crippen LogP contribution in [0.25, 0.3) is 0 Å². The Balaban J connectivity index is 2.88. The summed E-state index contributed by atoms with van der Waals surface area (Å²) in [6.45, 7) is 1.92. The maximum Gasteiger partial charge on any atom is 0.221 e. The molecule has 0 saturated heterocycles. The first-order valence-electron chi connectivity index (χ1n) is 5.69. The fourth-order valence-corrected chi connectivity index (χ4v) is 2.02. The number of amides is 1. The Bertz CT molecular complexity index is 409. The predicted octanol–water partition coefficient (Wildman–Crippen LogP) is 2.67. The Hall–Kier alpha value is -1.23. The summed E-state index contributed by atoms with van der Waals surface area (Å²) in [5.74, 6) is 1.49. The maximum atomic E-state index is 11.6. The SMILES string of the molecule is COc1ccc(OC)c(C(C)NC(=O)CCBr)c1. The van der Waals surface area contributed by atoms with Crippen LogP contribution >= 0.6 is 15.9 Å². The van der Waals surface area contributed by atoms with Crippen molar-refractivity contribution in [1.82, 2.24) is 5.32 Å². The van der Waals surface area contributed by atoms with Crippen LogP contribution < -0.4 is 14.8 Å². The van der Waals surface area contributed by atoms with Crippen molar-refractivity contribution >= 4 is 21.8 Å². The van der Waals surface area contributed by atoms with Gasteiger partial charge in [-0.05, 0) is 25.1 Å². The number of nitrogens with one attached hydrogen (secondary N) is 1. The van der Waals surface area contributed by atoms with Crippen LogP contribution in [0.5, 0.6) is 11.5 Å². The fraction of sp³-hybridized carbons (Fsp3) is 0.462. The van der Waals surface area contributed by atoms with Gasteiger partial charge in [-0.2, -0.15) is 0 Å². The zero-order valence-electron chi connectivity index (χ0n) is 10.8. The number of ether oxygens (including phenoxy) is 2. The largest absolute Gasteiger partial charge is 0.497 e. The van der Waals surface area contributed by atoms with Crippen molar-refractivity contribution in [3.63, 3.8) is 0 Å². The third-order valence-corrected chi connectivity index (χ3v) is 3.00. The maximum absolute atomic E-state index is 11.6. The van der Waals surface area contributed by atoms with Crippen LogP contribution in [0.15, 0.2) is 18.2 Å². The fourth-order valence-electron chi connectivity index (χ4n) is 1.66. The van der Waals surface area contributed by atoms with Crippen LogP contribution in [-0.2, 0) is 4.79 Å². The molecule has 0 spiro atoms. The lowest BCUT2D eigenvalue weighted by Gasteiger charge is -2.18. The van der Waals surface area contributed by atoms with Crippen molar-refractivity contribution in [1.29, 1.82) is 0 Å². The normalized spacial score (nSPS) is 11.8. The van der Waals surface area contributed by atoms with Gasteiger partial charge in [-0.15, -0.1) is 0 Å². The van der Waals surface area contributed by atoms with Crippen LogP contribution in [0.3, 0.4) is 0 Å². The van der Waals surface area contributed by atoms with Gasteiger partial charge in [0.2, 0.25) is 5.91 Å². The summed E-state index contributed by atoms with van der Waals surface area (Å²) in [7, 11) is 3.22.